The number of halogens is 2. The van der Waals surface area contributed by atoms with Crippen LogP contribution < -0.4 is 0 Å². The van der Waals surface area contributed by atoms with E-state index in [1.807, 2.05) is 0 Å². The zero-order valence-electron chi connectivity index (χ0n) is 4.17. The van der Waals surface area contributed by atoms with Crippen molar-refractivity contribution in [2.24, 2.45) is 0 Å². The first-order chi connectivity index (χ1) is 4.09. The standard InChI is InChI=1S/C3H3Cl2NO3/c4-1-2(7)6(5)3(8)9/h1H2,(H,8,9). The first-order valence-electron chi connectivity index (χ1n) is 1.87. The van der Waals surface area contributed by atoms with Gasteiger partial charge in [-0.25, -0.2) is 4.79 Å². The molecule has 0 atom stereocenters. The van der Waals surface area contributed by atoms with Crippen LogP contribution in [-0.4, -0.2) is 27.4 Å². The Morgan fingerprint density at radius 2 is 2.00 bits per heavy atom. The molecule has 9 heavy (non-hydrogen) atoms. The number of carbonyl (C=O) groups is 2. The number of carboxylic acid groups (broad SMARTS) is 1. The van der Waals surface area contributed by atoms with Crippen LogP contribution in [0.4, 0.5) is 4.79 Å². The Hall–Kier alpha value is -0.480. The summed E-state index contributed by atoms with van der Waals surface area (Å²) in [5.41, 5.74) is 0. The lowest BCUT2D eigenvalue weighted by Crippen LogP contribution is -2.27. The summed E-state index contributed by atoms with van der Waals surface area (Å²) in [5.74, 6) is -1.29. The van der Waals surface area contributed by atoms with E-state index >= 15 is 0 Å². The van der Waals surface area contributed by atoms with Crippen LogP contribution in [0.3, 0.4) is 0 Å². The maximum absolute atomic E-state index is 10.2. The van der Waals surface area contributed by atoms with Crippen molar-refractivity contribution in [3.05, 3.63) is 0 Å². The summed E-state index contributed by atoms with van der Waals surface area (Å²) in [4.78, 5) is 20.0. The average Bonchev–Trinajstić information content (AvgIpc) is 1.84. The highest BCUT2D eigenvalue weighted by Gasteiger charge is 2.15. The molecule has 0 aromatic rings. The fourth-order valence-corrected chi connectivity index (χ4v) is 0.400. The molecule has 0 fully saturated rings. The van der Waals surface area contributed by atoms with Gasteiger partial charge in [-0.05, 0) is 0 Å². The van der Waals surface area contributed by atoms with Gasteiger partial charge in [-0.2, -0.15) is 4.42 Å². The molecule has 2 amide bonds. The molecule has 0 aromatic carbocycles. The van der Waals surface area contributed by atoms with E-state index in [0.717, 1.165) is 0 Å². The van der Waals surface area contributed by atoms with Crippen molar-refractivity contribution in [3.63, 3.8) is 0 Å². The summed E-state index contributed by atoms with van der Waals surface area (Å²) in [6.07, 6.45) is -1.53. The Labute approximate surface area is 61.1 Å². The van der Waals surface area contributed by atoms with Crippen LogP contribution in [0.25, 0.3) is 0 Å². The Balaban J connectivity index is 3.88. The van der Waals surface area contributed by atoms with E-state index in [1.54, 1.807) is 0 Å². The van der Waals surface area contributed by atoms with Crippen LogP contribution >= 0.6 is 23.4 Å². The van der Waals surface area contributed by atoms with Crippen molar-refractivity contribution < 1.29 is 14.7 Å². The van der Waals surface area contributed by atoms with Crippen molar-refractivity contribution >= 4 is 35.4 Å². The van der Waals surface area contributed by atoms with E-state index in [9.17, 15) is 9.59 Å². The number of alkyl halides is 1. The van der Waals surface area contributed by atoms with Crippen LogP contribution in [0.1, 0.15) is 0 Å². The maximum atomic E-state index is 10.2. The summed E-state index contributed by atoms with van der Waals surface area (Å²) in [6.45, 7) is 0. The average molecular weight is 172 g/mol. The predicted molar refractivity (Wildman–Crippen MR) is 31.4 cm³/mol. The SMILES string of the molecule is O=C(O)N(Cl)C(=O)CCl. The van der Waals surface area contributed by atoms with Crippen LogP contribution in [0.5, 0.6) is 0 Å². The number of rotatable bonds is 1. The third kappa shape index (κ3) is 2.53. The summed E-state index contributed by atoms with van der Waals surface area (Å²) in [5, 5.41) is 8.00. The Kier molecular flexibility index (Phi) is 3.34. The molecule has 0 aliphatic carbocycles. The lowest BCUT2D eigenvalue weighted by atomic mass is 10.7. The third-order valence-electron chi connectivity index (χ3n) is 0.501. The molecule has 4 nitrogen and oxygen atoms in total. The number of hydrogen-bond donors (Lipinski definition) is 1. The van der Waals surface area contributed by atoms with Gasteiger partial charge in [0.25, 0.3) is 5.91 Å². The third-order valence-corrected chi connectivity index (χ3v) is 1.06. The molecule has 0 aromatic heterocycles. The van der Waals surface area contributed by atoms with Gasteiger partial charge in [0, 0.05) is 11.8 Å². The highest BCUT2D eigenvalue weighted by molar-refractivity contribution is 6.35. The summed E-state index contributed by atoms with van der Waals surface area (Å²) < 4.78 is 0.00694. The van der Waals surface area contributed by atoms with Gasteiger partial charge in [0.05, 0.1) is 0 Å². The Morgan fingerprint density at radius 3 is 2.11 bits per heavy atom. The first kappa shape index (κ1) is 8.52. The molecular formula is C3H3Cl2NO3. The Bertz CT molecular complexity index is 137. The van der Waals surface area contributed by atoms with E-state index in [1.165, 1.54) is 0 Å². The molecule has 0 unspecified atom stereocenters. The molecule has 0 heterocycles. The van der Waals surface area contributed by atoms with Crippen molar-refractivity contribution in [1.82, 2.24) is 4.42 Å². The van der Waals surface area contributed by atoms with E-state index in [2.05, 4.69) is 0 Å². The predicted octanol–water partition coefficient (Wildman–Crippen LogP) is 0.886. The van der Waals surface area contributed by atoms with E-state index in [0.29, 0.717) is 0 Å². The van der Waals surface area contributed by atoms with Crippen LogP contribution in [0.15, 0.2) is 0 Å². The second-order valence-corrected chi connectivity index (χ2v) is 1.70. The van der Waals surface area contributed by atoms with Crippen LogP contribution in [0.2, 0.25) is 0 Å². The lowest BCUT2D eigenvalue weighted by molar-refractivity contribution is -0.122. The molecule has 52 valence electrons. The number of hydrogen-bond acceptors (Lipinski definition) is 2. The lowest BCUT2D eigenvalue weighted by Gasteiger charge is -2.02. The maximum Gasteiger partial charge on any atom is 0.429 e. The second-order valence-electron chi connectivity index (χ2n) is 1.09. The second kappa shape index (κ2) is 3.53. The minimum Gasteiger partial charge on any atom is -0.464 e. The number of carbonyl (C=O) groups excluding carboxylic acids is 1. The molecule has 0 bridgehead atoms. The molecular weight excluding hydrogens is 169 g/mol. The van der Waals surface area contributed by atoms with Gasteiger partial charge in [0.1, 0.15) is 5.88 Å². The van der Waals surface area contributed by atoms with Crippen molar-refractivity contribution in [1.29, 1.82) is 0 Å². The van der Waals surface area contributed by atoms with Gasteiger partial charge in [0.2, 0.25) is 0 Å². The van der Waals surface area contributed by atoms with Gasteiger partial charge >= 0.3 is 6.09 Å². The zero-order chi connectivity index (χ0) is 7.44. The fourth-order valence-electron chi connectivity index (χ4n) is 0.159. The molecule has 0 aliphatic heterocycles. The van der Waals surface area contributed by atoms with E-state index in [4.69, 9.17) is 28.5 Å². The normalized spacial score (nSPS) is 8.67. The smallest absolute Gasteiger partial charge is 0.429 e. The van der Waals surface area contributed by atoms with Crippen LogP contribution in [0, 0.1) is 0 Å². The van der Waals surface area contributed by atoms with Gasteiger partial charge in [0.15, 0.2) is 0 Å². The van der Waals surface area contributed by atoms with E-state index < -0.39 is 17.9 Å². The number of imide groups is 1. The monoisotopic (exact) mass is 171 g/mol. The molecule has 0 rings (SSSR count). The van der Waals surface area contributed by atoms with Crippen molar-refractivity contribution in [3.8, 4) is 0 Å². The van der Waals surface area contributed by atoms with Crippen molar-refractivity contribution in [2.75, 3.05) is 5.88 Å². The summed E-state index contributed by atoms with van der Waals surface area (Å²) >= 11 is 9.82. The van der Waals surface area contributed by atoms with Gasteiger partial charge in [-0.3, -0.25) is 4.79 Å². The molecule has 0 radical (unpaired) electrons. The quantitative estimate of drug-likeness (QED) is 0.471. The molecule has 0 aliphatic rings. The number of amides is 2. The van der Waals surface area contributed by atoms with Gasteiger partial charge in [-0.15, -0.1) is 11.6 Å². The number of nitrogens with zero attached hydrogens (tertiary/aromatic N) is 1. The van der Waals surface area contributed by atoms with Crippen molar-refractivity contribution in [2.45, 2.75) is 0 Å². The summed E-state index contributed by atoms with van der Waals surface area (Å²) in [7, 11) is 0. The van der Waals surface area contributed by atoms with E-state index in [-0.39, 0.29) is 4.42 Å². The molecule has 0 saturated carbocycles. The molecule has 0 saturated heterocycles. The van der Waals surface area contributed by atoms with Crippen LogP contribution in [-0.2, 0) is 4.79 Å². The fraction of sp³-hybridized carbons (Fsp3) is 0.333. The molecule has 1 N–H and O–H groups in total. The Morgan fingerprint density at radius 1 is 1.56 bits per heavy atom. The minimum atomic E-state index is -1.53. The minimum absolute atomic E-state index is 0.00694. The zero-order valence-corrected chi connectivity index (χ0v) is 5.69. The summed E-state index contributed by atoms with van der Waals surface area (Å²) in [6, 6.07) is 0. The van der Waals surface area contributed by atoms with Gasteiger partial charge < -0.3 is 5.11 Å². The topological polar surface area (TPSA) is 57.6 Å². The molecule has 6 heteroatoms. The first-order valence-corrected chi connectivity index (χ1v) is 2.74. The molecule has 0 spiro atoms. The largest absolute Gasteiger partial charge is 0.464 e. The van der Waals surface area contributed by atoms with Gasteiger partial charge in [-0.1, -0.05) is 0 Å². The highest BCUT2D eigenvalue weighted by atomic mass is 35.5. The highest BCUT2D eigenvalue weighted by Crippen LogP contribution is 1.96.